The summed E-state index contributed by atoms with van der Waals surface area (Å²) in [4.78, 5) is 24.4. The second kappa shape index (κ2) is 58.9. The minimum Gasteiger partial charge on any atom is -0.466 e. The normalized spacial score (nSPS) is 12.7. The van der Waals surface area contributed by atoms with E-state index < -0.39 is 12.1 Å². The van der Waals surface area contributed by atoms with Crippen molar-refractivity contribution in [3.05, 3.63) is 24.3 Å². The molecule has 0 spiro atoms. The van der Waals surface area contributed by atoms with Gasteiger partial charge < -0.3 is 20.3 Å². The third-order valence-electron chi connectivity index (χ3n) is 14.5. The number of unbranched alkanes of at least 4 members (excludes halogenated alkanes) is 43. The molecule has 1 amide bonds. The average molecular weight is 973 g/mol. The van der Waals surface area contributed by atoms with E-state index in [0.717, 1.165) is 44.9 Å². The van der Waals surface area contributed by atoms with E-state index in [1.807, 2.05) is 0 Å². The van der Waals surface area contributed by atoms with Crippen LogP contribution in [0.3, 0.4) is 0 Å². The van der Waals surface area contributed by atoms with Crippen LogP contribution in [0.4, 0.5) is 0 Å². The number of nitrogens with one attached hydrogen (secondary N) is 1. The number of ether oxygens (including phenoxy) is 1. The average Bonchev–Trinajstić information content (AvgIpc) is 3.35. The summed E-state index contributed by atoms with van der Waals surface area (Å²) in [6.45, 7) is 4.93. The highest BCUT2D eigenvalue weighted by Gasteiger charge is 2.20. The van der Waals surface area contributed by atoms with Gasteiger partial charge in [-0.1, -0.05) is 276 Å². The third-order valence-corrected chi connectivity index (χ3v) is 14.5. The Kier molecular flexibility index (Phi) is 57.5. The fourth-order valence-corrected chi connectivity index (χ4v) is 9.69. The van der Waals surface area contributed by atoms with Crippen LogP contribution in [0.2, 0.25) is 0 Å². The maximum atomic E-state index is 12.4. The summed E-state index contributed by atoms with van der Waals surface area (Å²) < 4.78 is 5.47. The van der Waals surface area contributed by atoms with Crippen LogP contribution in [0.25, 0.3) is 0 Å². The molecular weight excluding hydrogens is 851 g/mol. The predicted molar refractivity (Wildman–Crippen MR) is 301 cm³/mol. The first kappa shape index (κ1) is 67.3. The molecule has 0 saturated carbocycles. The van der Waals surface area contributed by atoms with Crippen molar-refractivity contribution in [1.82, 2.24) is 5.32 Å². The Morgan fingerprint density at radius 3 is 1.06 bits per heavy atom. The fourth-order valence-electron chi connectivity index (χ4n) is 9.69. The Morgan fingerprint density at radius 2 is 0.681 bits per heavy atom. The van der Waals surface area contributed by atoms with Crippen LogP contribution in [-0.4, -0.2) is 47.4 Å². The molecule has 3 N–H and O–H groups in total. The Balaban J connectivity index is 3.34. The number of amides is 1. The van der Waals surface area contributed by atoms with Gasteiger partial charge in [0.1, 0.15) is 0 Å². The molecule has 0 aromatic carbocycles. The van der Waals surface area contributed by atoms with Crippen LogP contribution < -0.4 is 5.32 Å². The highest BCUT2D eigenvalue weighted by atomic mass is 16.5. The molecule has 0 aromatic heterocycles. The Bertz CT molecular complexity index is 1080. The standard InChI is InChI=1S/C63H121NO5/c1-3-5-7-9-11-13-15-37-41-45-49-53-57-63(68)69-58-54-50-46-42-38-35-33-31-29-27-25-23-21-19-17-16-18-20-22-24-26-28-30-32-34-36-40-44-48-52-56-62(67)64-60(59-65)61(66)55-51-47-43-39-14-12-10-8-6-4-2/h11,13,17,19,60-61,65-66H,3-10,12,14-16,18,20-59H2,1-2H3,(H,64,67)/b13-11-,19-17-. The van der Waals surface area contributed by atoms with E-state index in [9.17, 15) is 19.8 Å². The molecule has 0 aliphatic carbocycles. The smallest absolute Gasteiger partial charge is 0.305 e. The number of carbonyl (C=O) groups excluding carboxylic acids is 2. The number of hydrogen-bond donors (Lipinski definition) is 3. The lowest BCUT2D eigenvalue weighted by Crippen LogP contribution is -2.45. The van der Waals surface area contributed by atoms with Crippen molar-refractivity contribution < 1.29 is 24.5 Å². The first-order valence-electron chi connectivity index (χ1n) is 31.1. The zero-order chi connectivity index (χ0) is 50.0. The van der Waals surface area contributed by atoms with Crippen molar-refractivity contribution in [2.24, 2.45) is 0 Å². The molecule has 0 bridgehead atoms. The summed E-state index contributed by atoms with van der Waals surface area (Å²) in [5.41, 5.74) is 0. The van der Waals surface area contributed by atoms with E-state index in [1.54, 1.807) is 0 Å². The lowest BCUT2D eigenvalue weighted by atomic mass is 10.0. The molecule has 6 nitrogen and oxygen atoms in total. The maximum Gasteiger partial charge on any atom is 0.305 e. The van der Waals surface area contributed by atoms with Gasteiger partial charge in [-0.3, -0.25) is 9.59 Å². The van der Waals surface area contributed by atoms with Crippen LogP contribution in [0.1, 0.15) is 341 Å². The number of hydrogen-bond acceptors (Lipinski definition) is 5. The number of aliphatic hydroxyl groups is 2. The number of esters is 1. The molecule has 0 aliphatic heterocycles. The molecule has 0 fully saturated rings. The lowest BCUT2D eigenvalue weighted by molar-refractivity contribution is -0.143. The van der Waals surface area contributed by atoms with Crippen LogP contribution in [0.15, 0.2) is 24.3 Å². The summed E-state index contributed by atoms with van der Waals surface area (Å²) >= 11 is 0. The summed E-state index contributed by atoms with van der Waals surface area (Å²) in [5.74, 6) is -0.0270. The Morgan fingerprint density at radius 1 is 0.391 bits per heavy atom. The van der Waals surface area contributed by atoms with Gasteiger partial charge in [-0.15, -0.1) is 0 Å². The number of rotatable bonds is 58. The van der Waals surface area contributed by atoms with Crippen LogP contribution in [-0.2, 0) is 14.3 Å². The molecule has 69 heavy (non-hydrogen) atoms. The summed E-state index contributed by atoms with van der Waals surface area (Å²) in [6.07, 6.45) is 72.1. The highest BCUT2D eigenvalue weighted by molar-refractivity contribution is 5.76. The number of aliphatic hydroxyl groups excluding tert-OH is 2. The largest absolute Gasteiger partial charge is 0.466 e. The van der Waals surface area contributed by atoms with Crippen LogP contribution in [0.5, 0.6) is 0 Å². The van der Waals surface area contributed by atoms with Gasteiger partial charge >= 0.3 is 5.97 Å². The topological polar surface area (TPSA) is 95.9 Å². The Labute approximate surface area is 431 Å². The van der Waals surface area contributed by atoms with E-state index in [2.05, 4.69) is 43.5 Å². The molecular formula is C63H121NO5. The lowest BCUT2D eigenvalue weighted by Gasteiger charge is -2.22. The van der Waals surface area contributed by atoms with Gasteiger partial charge in [0.05, 0.1) is 25.4 Å². The van der Waals surface area contributed by atoms with Crippen molar-refractivity contribution in [3.8, 4) is 0 Å². The van der Waals surface area contributed by atoms with E-state index in [-0.39, 0.29) is 18.5 Å². The van der Waals surface area contributed by atoms with Crippen molar-refractivity contribution >= 4 is 11.9 Å². The van der Waals surface area contributed by atoms with Crippen molar-refractivity contribution in [3.63, 3.8) is 0 Å². The monoisotopic (exact) mass is 972 g/mol. The first-order chi connectivity index (χ1) is 34.0. The minimum absolute atomic E-state index is 0.00703. The van der Waals surface area contributed by atoms with E-state index in [4.69, 9.17) is 4.74 Å². The van der Waals surface area contributed by atoms with Crippen molar-refractivity contribution in [2.75, 3.05) is 13.2 Å². The molecule has 0 radical (unpaired) electrons. The zero-order valence-electron chi connectivity index (χ0n) is 46.6. The van der Waals surface area contributed by atoms with Crippen LogP contribution in [0, 0.1) is 0 Å². The molecule has 2 unspecified atom stereocenters. The van der Waals surface area contributed by atoms with Crippen LogP contribution >= 0.6 is 0 Å². The van der Waals surface area contributed by atoms with Gasteiger partial charge in [0.2, 0.25) is 5.91 Å². The summed E-state index contributed by atoms with van der Waals surface area (Å²) in [7, 11) is 0. The van der Waals surface area contributed by atoms with Crippen molar-refractivity contribution in [1.29, 1.82) is 0 Å². The zero-order valence-corrected chi connectivity index (χ0v) is 46.6. The van der Waals surface area contributed by atoms with Gasteiger partial charge in [0.25, 0.3) is 0 Å². The summed E-state index contributed by atoms with van der Waals surface area (Å²) in [5, 5.41) is 23.2. The maximum absolute atomic E-state index is 12.4. The second-order valence-electron chi connectivity index (χ2n) is 21.4. The van der Waals surface area contributed by atoms with Crippen molar-refractivity contribution in [2.45, 2.75) is 353 Å². The first-order valence-corrected chi connectivity index (χ1v) is 31.1. The highest BCUT2D eigenvalue weighted by Crippen LogP contribution is 2.17. The molecule has 0 aromatic rings. The van der Waals surface area contributed by atoms with Gasteiger partial charge in [0.15, 0.2) is 0 Å². The minimum atomic E-state index is -0.661. The SMILES string of the molecule is CCCCC/C=C\CCCCCCCC(=O)OCCCCCCCCCCCCCC/C=C\CCCCCCCCCCCCCCCCC(=O)NC(CO)C(O)CCCCCCCCCCCC. The predicted octanol–water partition coefficient (Wildman–Crippen LogP) is 19.4. The molecule has 0 aliphatic rings. The Hall–Kier alpha value is -1.66. The quantitative estimate of drug-likeness (QED) is 0.0321. The van der Waals surface area contributed by atoms with Gasteiger partial charge in [0, 0.05) is 12.8 Å². The molecule has 0 rings (SSSR count). The molecule has 0 saturated heterocycles. The summed E-state index contributed by atoms with van der Waals surface area (Å²) in [6, 6.07) is -0.538. The van der Waals surface area contributed by atoms with Gasteiger partial charge in [-0.05, 0) is 77.0 Å². The number of allylic oxidation sites excluding steroid dienone is 4. The van der Waals surface area contributed by atoms with E-state index in [0.29, 0.717) is 25.9 Å². The molecule has 2 atom stereocenters. The molecule has 6 heteroatoms. The third kappa shape index (κ3) is 55.5. The number of carbonyl (C=O) groups is 2. The van der Waals surface area contributed by atoms with Gasteiger partial charge in [-0.2, -0.15) is 0 Å². The van der Waals surface area contributed by atoms with Gasteiger partial charge in [-0.25, -0.2) is 0 Å². The second-order valence-corrected chi connectivity index (χ2v) is 21.4. The van der Waals surface area contributed by atoms with E-state index in [1.165, 1.54) is 263 Å². The molecule has 0 heterocycles. The van der Waals surface area contributed by atoms with E-state index >= 15 is 0 Å². The molecule has 408 valence electrons. The fraction of sp³-hybridized carbons (Fsp3) is 0.905.